The monoisotopic (exact) mass is 430 g/mol. The van der Waals surface area contributed by atoms with E-state index in [1.54, 1.807) is 35.5 Å². The third kappa shape index (κ3) is 5.96. The summed E-state index contributed by atoms with van der Waals surface area (Å²) in [6, 6.07) is 4.95. The smallest absolute Gasteiger partial charge is 0.258 e. The molecule has 0 aliphatic heterocycles. The highest BCUT2D eigenvalue weighted by Gasteiger charge is 2.29. The third-order valence-corrected chi connectivity index (χ3v) is 4.77. The van der Waals surface area contributed by atoms with Gasteiger partial charge in [0.1, 0.15) is 12.9 Å². The lowest BCUT2D eigenvalue weighted by Crippen LogP contribution is -2.46. The number of ether oxygens (including phenoxy) is 1. The van der Waals surface area contributed by atoms with E-state index in [9.17, 15) is 14.3 Å². The Morgan fingerprint density at radius 2 is 2.10 bits per heavy atom. The van der Waals surface area contributed by atoms with E-state index in [1.807, 2.05) is 13.8 Å². The molecule has 3 aromatic heterocycles. The number of carbonyl (C=O) groups excluding carboxylic acids is 1. The van der Waals surface area contributed by atoms with Gasteiger partial charge in [-0.25, -0.2) is 18.9 Å². The quantitative estimate of drug-likeness (QED) is 0.503. The van der Waals surface area contributed by atoms with Gasteiger partial charge in [-0.05, 0) is 33.8 Å². The number of hydrogen-bond acceptors (Lipinski definition) is 7. The SMILES string of the molecule is CC(C)N(COc1cc(NC(=O)c2cnc3ccnn3c2)ccn1)CC(F)C(C)(C)O. The van der Waals surface area contributed by atoms with Crippen molar-refractivity contribution in [3.05, 3.63) is 48.5 Å². The van der Waals surface area contributed by atoms with E-state index in [4.69, 9.17) is 4.74 Å². The molecule has 2 N–H and O–H groups in total. The van der Waals surface area contributed by atoms with Crippen molar-refractivity contribution in [1.29, 1.82) is 0 Å². The minimum Gasteiger partial charge on any atom is -0.461 e. The van der Waals surface area contributed by atoms with Crippen LogP contribution in [0.2, 0.25) is 0 Å². The Labute approximate surface area is 179 Å². The first-order valence-electron chi connectivity index (χ1n) is 9.93. The van der Waals surface area contributed by atoms with Crippen LogP contribution in [-0.4, -0.2) is 66.6 Å². The number of nitrogens with zero attached hydrogens (tertiary/aromatic N) is 5. The standard InChI is InChI=1S/C21H27FN6O3/c1-14(2)27(12-17(22)21(3,4)30)13-31-19-9-16(5-7-23-19)26-20(29)15-10-24-18-6-8-25-28(18)11-15/h5-11,14,17,30H,12-13H2,1-4H3,(H,23,26,29). The van der Waals surface area contributed by atoms with Crippen molar-refractivity contribution in [1.82, 2.24) is 24.5 Å². The number of amides is 1. The van der Waals surface area contributed by atoms with Crippen LogP contribution in [0.15, 0.2) is 43.0 Å². The van der Waals surface area contributed by atoms with E-state index in [-0.39, 0.29) is 31.1 Å². The first kappa shape index (κ1) is 22.6. The number of pyridine rings is 1. The van der Waals surface area contributed by atoms with Gasteiger partial charge in [-0.1, -0.05) is 0 Å². The summed E-state index contributed by atoms with van der Waals surface area (Å²) in [6.07, 6.45) is 4.74. The molecule has 0 aromatic carbocycles. The number of fused-ring (bicyclic) bond motifs is 1. The van der Waals surface area contributed by atoms with Gasteiger partial charge in [-0.3, -0.25) is 9.69 Å². The second kappa shape index (κ2) is 9.36. The van der Waals surface area contributed by atoms with Gasteiger partial charge in [0.25, 0.3) is 5.91 Å². The van der Waals surface area contributed by atoms with Crippen molar-refractivity contribution in [2.24, 2.45) is 0 Å². The number of anilines is 1. The Morgan fingerprint density at radius 3 is 2.81 bits per heavy atom. The molecule has 1 amide bonds. The molecule has 0 bridgehead atoms. The van der Waals surface area contributed by atoms with Gasteiger partial charge in [0.15, 0.2) is 5.65 Å². The van der Waals surface area contributed by atoms with E-state index in [2.05, 4.69) is 20.4 Å². The number of rotatable bonds is 9. The predicted molar refractivity (Wildman–Crippen MR) is 114 cm³/mol. The zero-order chi connectivity index (χ0) is 22.6. The fourth-order valence-electron chi connectivity index (χ4n) is 2.69. The fraction of sp³-hybridized carbons (Fsp3) is 0.429. The van der Waals surface area contributed by atoms with Crippen LogP contribution in [0.5, 0.6) is 5.88 Å². The number of nitrogens with one attached hydrogen (secondary N) is 1. The molecule has 0 aliphatic rings. The lowest BCUT2D eigenvalue weighted by atomic mass is 10.0. The first-order valence-corrected chi connectivity index (χ1v) is 9.93. The molecule has 0 saturated heterocycles. The number of hydrogen-bond donors (Lipinski definition) is 2. The lowest BCUT2D eigenvalue weighted by molar-refractivity contribution is -0.0341. The molecule has 166 valence electrons. The van der Waals surface area contributed by atoms with E-state index < -0.39 is 11.8 Å². The zero-order valence-electron chi connectivity index (χ0n) is 18.0. The van der Waals surface area contributed by atoms with Crippen LogP contribution < -0.4 is 10.1 Å². The Morgan fingerprint density at radius 1 is 1.32 bits per heavy atom. The maximum absolute atomic E-state index is 14.3. The molecule has 0 aliphatic carbocycles. The van der Waals surface area contributed by atoms with Gasteiger partial charge in [-0.15, -0.1) is 0 Å². The lowest BCUT2D eigenvalue weighted by Gasteiger charge is -2.31. The number of alkyl halides is 1. The molecule has 0 saturated carbocycles. The van der Waals surface area contributed by atoms with Gasteiger partial charge in [-0.2, -0.15) is 5.10 Å². The summed E-state index contributed by atoms with van der Waals surface area (Å²) in [5.74, 6) is -0.0703. The molecule has 3 aromatic rings. The summed E-state index contributed by atoms with van der Waals surface area (Å²) >= 11 is 0. The van der Waals surface area contributed by atoms with E-state index in [0.29, 0.717) is 16.9 Å². The predicted octanol–water partition coefficient (Wildman–Crippen LogP) is 2.53. The Balaban J connectivity index is 1.63. The fourth-order valence-corrected chi connectivity index (χ4v) is 2.69. The third-order valence-electron chi connectivity index (χ3n) is 4.77. The molecular formula is C21H27FN6O3. The van der Waals surface area contributed by atoms with Crippen LogP contribution in [0.1, 0.15) is 38.1 Å². The Hall–Kier alpha value is -3.11. The minimum atomic E-state index is -1.44. The maximum atomic E-state index is 14.3. The number of halogens is 1. The van der Waals surface area contributed by atoms with Crippen LogP contribution >= 0.6 is 0 Å². The summed E-state index contributed by atoms with van der Waals surface area (Å²) in [5, 5.41) is 16.7. The largest absolute Gasteiger partial charge is 0.461 e. The van der Waals surface area contributed by atoms with E-state index in [0.717, 1.165) is 0 Å². The molecule has 3 heterocycles. The van der Waals surface area contributed by atoms with Crippen LogP contribution in [0.4, 0.5) is 10.1 Å². The molecule has 9 nitrogen and oxygen atoms in total. The van der Waals surface area contributed by atoms with Crippen molar-refractivity contribution >= 4 is 17.2 Å². The van der Waals surface area contributed by atoms with Crippen molar-refractivity contribution in [2.45, 2.75) is 45.5 Å². The number of aliphatic hydroxyl groups is 1. The van der Waals surface area contributed by atoms with Crippen LogP contribution in [0.3, 0.4) is 0 Å². The normalized spacial score (nSPS) is 13.0. The van der Waals surface area contributed by atoms with Gasteiger partial charge < -0.3 is 15.2 Å². The first-order chi connectivity index (χ1) is 14.6. The Bertz CT molecular complexity index is 1030. The second-order valence-corrected chi connectivity index (χ2v) is 8.07. The molecule has 1 atom stereocenters. The van der Waals surface area contributed by atoms with Crippen molar-refractivity contribution in [2.75, 3.05) is 18.6 Å². The molecule has 0 fully saturated rings. The molecular weight excluding hydrogens is 403 g/mol. The van der Waals surface area contributed by atoms with Crippen LogP contribution in [0, 0.1) is 0 Å². The van der Waals surface area contributed by atoms with Gasteiger partial charge in [0, 0.05) is 49.0 Å². The molecule has 10 heteroatoms. The van der Waals surface area contributed by atoms with Crippen molar-refractivity contribution in [3.63, 3.8) is 0 Å². The number of carbonyl (C=O) groups is 1. The van der Waals surface area contributed by atoms with Crippen molar-refractivity contribution < 1.29 is 19.0 Å². The summed E-state index contributed by atoms with van der Waals surface area (Å²) in [4.78, 5) is 22.6. The van der Waals surface area contributed by atoms with Crippen molar-refractivity contribution in [3.8, 4) is 5.88 Å². The summed E-state index contributed by atoms with van der Waals surface area (Å²) in [7, 11) is 0. The van der Waals surface area contributed by atoms with Gasteiger partial charge in [0.05, 0.1) is 17.4 Å². The molecule has 0 radical (unpaired) electrons. The summed E-state index contributed by atoms with van der Waals surface area (Å²) in [6.45, 7) is 6.79. The average molecular weight is 430 g/mol. The summed E-state index contributed by atoms with van der Waals surface area (Å²) in [5.41, 5.74) is 0.0448. The second-order valence-electron chi connectivity index (χ2n) is 8.07. The van der Waals surface area contributed by atoms with E-state index in [1.165, 1.54) is 30.8 Å². The zero-order valence-corrected chi connectivity index (χ0v) is 18.0. The molecule has 1 unspecified atom stereocenters. The Kier molecular flexibility index (Phi) is 6.81. The molecule has 0 spiro atoms. The highest BCUT2D eigenvalue weighted by molar-refractivity contribution is 6.04. The summed E-state index contributed by atoms with van der Waals surface area (Å²) < 4.78 is 21.5. The molecule has 31 heavy (non-hydrogen) atoms. The highest BCUT2D eigenvalue weighted by Crippen LogP contribution is 2.18. The highest BCUT2D eigenvalue weighted by atomic mass is 19.1. The van der Waals surface area contributed by atoms with Gasteiger partial charge >= 0.3 is 0 Å². The van der Waals surface area contributed by atoms with Crippen LogP contribution in [0.25, 0.3) is 5.65 Å². The minimum absolute atomic E-state index is 0.00630. The van der Waals surface area contributed by atoms with E-state index >= 15 is 0 Å². The van der Waals surface area contributed by atoms with Gasteiger partial charge in [0.2, 0.25) is 5.88 Å². The average Bonchev–Trinajstić information content (AvgIpc) is 3.18. The topological polar surface area (TPSA) is 105 Å². The molecule has 3 rings (SSSR count). The number of aromatic nitrogens is 4. The maximum Gasteiger partial charge on any atom is 0.258 e. The van der Waals surface area contributed by atoms with Crippen LogP contribution in [-0.2, 0) is 0 Å².